The molecule has 0 aromatic heterocycles. The van der Waals surface area contributed by atoms with Crippen LogP contribution in [0.15, 0.2) is 0 Å². The van der Waals surface area contributed by atoms with Crippen LogP contribution in [-0.2, 0) is 9.53 Å². The van der Waals surface area contributed by atoms with Crippen LogP contribution in [0.1, 0.15) is 39.0 Å². The zero-order valence-corrected chi connectivity index (χ0v) is 10.1. The normalized spacial score (nSPS) is 30.1. The van der Waals surface area contributed by atoms with Crippen molar-refractivity contribution in [2.45, 2.75) is 56.7 Å². The van der Waals surface area contributed by atoms with Gasteiger partial charge in [0.25, 0.3) is 0 Å². The first kappa shape index (κ1) is 11.9. The van der Waals surface area contributed by atoms with Crippen LogP contribution in [-0.4, -0.2) is 47.3 Å². The molecule has 4 nitrogen and oxygen atoms in total. The van der Waals surface area contributed by atoms with Gasteiger partial charge in [-0.15, -0.1) is 0 Å². The monoisotopic (exact) mass is 227 g/mol. The second kappa shape index (κ2) is 4.34. The first-order valence-corrected chi connectivity index (χ1v) is 6.13. The molecule has 2 rings (SSSR count). The lowest BCUT2D eigenvalue weighted by Crippen LogP contribution is -2.54. The van der Waals surface area contributed by atoms with E-state index in [9.17, 15) is 4.79 Å². The van der Waals surface area contributed by atoms with Crippen LogP contribution < -0.4 is 0 Å². The number of hydrogen-bond acceptors (Lipinski definition) is 3. The summed E-state index contributed by atoms with van der Waals surface area (Å²) in [5.74, 6) is -0.739. The Balaban J connectivity index is 1.96. The first-order valence-electron chi connectivity index (χ1n) is 6.13. The summed E-state index contributed by atoms with van der Waals surface area (Å²) in [6, 6.07) is -0.0413. The predicted molar refractivity (Wildman–Crippen MR) is 60.4 cm³/mol. The van der Waals surface area contributed by atoms with E-state index < -0.39 is 12.0 Å². The van der Waals surface area contributed by atoms with E-state index in [0.29, 0.717) is 6.04 Å². The van der Waals surface area contributed by atoms with Gasteiger partial charge in [-0.1, -0.05) is 0 Å². The summed E-state index contributed by atoms with van der Waals surface area (Å²) >= 11 is 0. The molecule has 1 N–H and O–H groups in total. The summed E-state index contributed by atoms with van der Waals surface area (Å²) in [4.78, 5) is 12.9. The minimum Gasteiger partial charge on any atom is -0.480 e. The second-order valence-corrected chi connectivity index (χ2v) is 5.21. The smallest absolute Gasteiger partial charge is 0.320 e. The molecule has 1 aliphatic carbocycles. The number of nitrogens with zero attached hydrogens (tertiary/aromatic N) is 1. The van der Waals surface area contributed by atoms with Crippen molar-refractivity contribution in [2.75, 3.05) is 13.7 Å². The van der Waals surface area contributed by atoms with E-state index in [2.05, 4.69) is 0 Å². The number of rotatable bonds is 3. The van der Waals surface area contributed by atoms with Crippen molar-refractivity contribution in [3.63, 3.8) is 0 Å². The minimum absolute atomic E-state index is 0.0927. The van der Waals surface area contributed by atoms with E-state index >= 15 is 0 Å². The van der Waals surface area contributed by atoms with Gasteiger partial charge in [-0.25, -0.2) is 0 Å². The molecule has 1 saturated carbocycles. The Hall–Kier alpha value is -0.610. The van der Waals surface area contributed by atoms with Gasteiger partial charge in [0.2, 0.25) is 0 Å². The number of likely N-dealkylation sites (N-methyl/N-ethyl adjacent to an activating group) is 1. The number of ether oxygens (including phenoxy) is 1. The van der Waals surface area contributed by atoms with Gasteiger partial charge in [0, 0.05) is 12.6 Å². The highest BCUT2D eigenvalue weighted by Crippen LogP contribution is 2.43. The summed E-state index contributed by atoms with van der Waals surface area (Å²) < 4.78 is 5.85. The lowest BCUT2D eigenvalue weighted by molar-refractivity contribution is -0.158. The Morgan fingerprint density at radius 1 is 1.56 bits per heavy atom. The van der Waals surface area contributed by atoms with Crippen molar-refractivity contribution in [1.82, 2.24) is 4.90 Å². The van der Waals surface area contributed by atoms with E-state index in [1.54, 1.807) is 6.92 Å². The number of aliphatic carboxylic acids is 1. The van der Waals surface area contributed by atoms with Crippen LogP contribution in [0, 0.1) is 0 Å². The molecule has 0 aromatic carbocycles. The molecule has 1 spiro atoms. The number of carbonyl (C=O) groups is 1. The highest BCUT2D eigenvalue weighted by Gasteiger charge is 2.44. The molecule has 2 aliphatic rings. The Bertz CT molecular complexity index is 275. The van der Waals surface area contributed by atoms with Gasteiger partial charge in [0.05, 0.1) is 5.60 Å². The zero-order chi connectivity index (χ0) is 11.8. The van der Waals surface area contributed by atoms with Gasteiger partial charge in [0.1, 0.15) is 6.04 Å². The fourth-order valence-corrected chi connectivity index (χ4v) is 2.76. The van der Waals surface area contributed by atoms with Gasteiger partial charge in [0.15, 0.2) is 0 Å². The first-order chi connectivity index (χ1) is 7.54. The highest BCUT2D eigenvalue weighted by atomic mass is 16.5. The summed E-state index contributed by atoms with van der Waals surface area (Å²) in [5.41, 5.74) is 0.0927. The number of carboxylic acid groups (broad SMARTS) is 1. The van der Waals surface area contributed by atoms with E-state index in [4.69, 9.17) is 9.84 Å². The van der Waals surface area contributed by atoms with Crippen molar-refractivity contribution >= 4 is 5.97 Å². The highest BCUT2D eigenvalue weighted by molar-refractivity contribution is 5.72. The average Bonchev–Trinajstić information content (AvgIpc) is 2.25. The maximum Gasteiger partial charge on any atom is 0.320 e. The van der Waals surface area contributed by atoms with E-state index in [0.717, 1.165) is 32.3 Å². The molecule has 0 radical (unpaired) electrons. The fraction of sp³-hybridized carbons (Fsp3) is 0.917. The fourth-order valence-electron chi connectivity index (χ4n) is 2.76. The molecule has 1 heterocycles. The summed E-state index contributed by atoms with van der Waals surface area (Å²) in [7, 11) is 1.92. The largest absolute Gasteiger partial charge is 0.480 e. The molecular weight excluding hydrogens is 206 g/mol. The van der Waals surface area contributed by atoms with Gasteiger partial charge >= 0.3 is 5.97 Å². The molecule has 16 heavy (non-hydrogen) atoms. The van der Waals surface area contributed by atoms with Crippen LogP contribution in [0.5, 0.6) is 0 Å². The molecule has 2 fully saturated rings. The summed E-state index contributed by atoms with van der Waals surface area (Å²) in [5, 5.41) is 9.01. The van der Waals surface area contributed by atoms with Crippen LogP contribution in [0.25, 0.3) is 0 Å². The van der Waals surface area contributed by atoms with Gasteiger partial charge in [-0.2, -0.15) is 0 Å². The molecule has 0 aromatic rings. The third-order valence-corrected chi connectivity index (χ3v) is 4.28. The van der Waals surface area contributed by atoms with E-state index in [-0.39, 0.29) is 5.60 Å². The molecule has 92 valence electrons. The molecule has 4 heteroatoms. The third kappa shape index (κ3) is 2.09. The Labute approximate surface area is 96.6 Å². The molecule has 1 saturated heterocycles. The third-order valence-electron chi connectivity index (χ3n) is 4.28. The molecule has 2 atom stereocenters. The maximum atomic E-state index is 11.0. The Kier molecular flexibility index (Phi) is 3.22. The summed E-state index contributed by atoms with van der Waals surface area (Å²) in [6.07, 6.45) is 5.51. The van der Waals surface area contributed by atoms with Crippen molar-refractivity contribution < 1.29 is 14.6 Å². The topological polar surface area (TPSA) is 49.8 Å². The zero-order valence-electron chi connectivity index (χ0n) is 10.1. The molecule has 0 bridgehead atoms. The standard InChI is InChI=1S/C12H21NO3/c1-9(11(14)15)13(2)10-4-7-16-12(8-10)5-3-6-12/h9-10H,3-8H2,1-2H3,(H,14,15). The second-order valence-electron chi connectivity index (χ2n) is 5.21. The SMILES string of the molecule is CC(C(=O)O)N(C)C1CCOC2(CCC2)C1. The maximum absolute atomic E-state index is 11.0. The van der Waals surface area contributed by atoms with Gasteiger partial charge < -0.3 is 9.84 Å². The van der Waals surface area contributed by atoms with E-state index in [1.165, 1.54) is 6.42 Å². The van der Waals surface area contributed by atoms with Crippen molar-refractivity contribution in [3.05, 3.63) is 0 Å². The van der Waals surface area contributed by atoms with Crippen LogP contribution in [0.4, 0.5) is 0 Å². The summed E-state index contributed by atoms with van der Waals surface area (Å²) in [6.45, 7) is 2.53. The molecule has 2 unspecified atom stereocenters. The number of carboxylic acids is 1. The Morgan fingerprint density at radius 2 is 2.25 bits per heavy atom. The van der Waals surface area contributed by atoms with Crippen LogP contribution in [0.3, 0.4) is 0 Å². The van der Waals surface area contributed by atoms with Crippen LogP contribution in [0.2, 0.25) is 0 Å². The Morgan fingerprint density at radius 3 is 2.75 bits per heavy atom. The molecular formula is C12H21NO3. The van der Waals surface area contributed by atoms with Crippen molar-refractivity contribution in [2.24, 2.45) is 0 Å². The molecule has 0 amide bonds. The van der Waals surface area contributed by atoms with Crippen molar-refractivity contribution in [3.8, 4) is 0 Å². The van der Waals surface area contributed by atoms with Gasteiger partial charge in [-0.3, -0.25) is 9.69 Å². The average molecular weight is 227 g/mol. The van der Waals surface area contributed by atoms with E-state index in [1.807, 2.05) is 11.9 Å². The lowest BCUT2D eigenvalue weighted by Gasteiger charge is -2.49. The minimum atomic E-state index is -0.739. The number of hydrogen-bond donors (Lipinski definition) is 1. The molecule has 1 aliphatic heterocycles. The lowest BCUT2D eigenvalue weighted by atomic mass is 9.73. The van der Waals surface area contributed by atoms with Crippen LogP contribution >= 0.6 is 0 Å². The predicted octanol–water partition coefficient (Wildman–Crippen LogP) is 1.49. The van der Waals surface area contributed by atoms with Crippen molar-refractivity contribution in [1.29, 1.82) is 0 Å². The quantitative estimate of drug-likeness (QED) is 0.793. The van der Waals surface area contributed by atoms with Gasteiger partial charge in [-0.05, 0) is 46.1 Å².